The Bertz CT molecular complexity index is 1510. The van der Waals surface area contributed by atoms with Crippen LogP contribution in [-0.4, -0.2) is 46.3 Å². The Morgan fingerprint density at radius 3 is 2.95 bits per heavy atom. The second-order valence-electron chi connectivity index (χ2n) is 9.25. The topological polar surface area (TPSA) is 137 Å². The molecule has 11 heteroatoms. The number of thioether (sulfide) groups is 1. The smallest absolute Gasteiger partial charge is 0.257 e. The van der Waals surface area contributed by atoms with E-state index in [1.807, 2.05) is 0 Å². The van der Waals surface area contributed by atoms with Crippen molar-refractivity contribution in [3.63, 3.8) is 0 Å². The predicted octanol–water partition coefficient (Wildman–Crippen LogP) is 2.25. The van der Waals surface area contributed by atoms with Gasteiger partial charge in [0.25, 0.3) is 5.56 Å². The minimum atomic E-state index is -1.51. The number of nitrogens with zero attached hydrogens (tertiary/aromatic N) is 2. The SMILES string of the molecule is COCc1c(C(O)C=O)cc2n(c1=O)Cc1c-2nc2cc(F)c(C)c3c2c1C(NC(=O)CCCN)CS3. The molecule has 2 atom stereocenters. The second-order valence-corrected chi connectivity index (χ2v) is 10.3. The quantitative estimate of drug-likeness (QED) is 0.298. The zero-order valence-corrected chi connectivity index (χ0v) is 21.3. The molecule has 9 nitrogen and oxygen atoms in total. The first-order chi connectivity index (χ1) is 17.8. The van der Waals surface area contributed by atoms with Crippen LogP contribution in [0.5, 0.6) is 0 Å². The summed E-state index contributed by atoms with van der Waals surface area (Å²) in [7, 11) is 1.43. The number of rotatable bonds is 8. The Morgan fingerprint density at radius 2 is 2.24 bits per heavy atom. The van der Waals surface area contributed by atoms with Crippen molar-refractivity contribution in [3.05, 3.63) is 56.1 Å². The molecule has 0 radical (unpaired) electrons. The number of pyridine rings is 2. The largest absolute Gasteiger partial charge is 0.381 e. The van der Waals surface area contributed by atoms with E-state index in [1.54, 1.807) is 13.0 Å². The first kappa shape index (κ1) is 25.5. The third-order valence-electron chi connectivity index (χ3n) is 6.97. The standard InChI is InChI=1S/C26H27FN4O5S/c1-12-16(27)7-17-23-22(18(11-37-25(12)23)29-21(34)4-3-5-28)14-8-31-19(24(14)30-17)6-13(20(33)9-32)15(10-36-2)26(31)35/h6-7,9,18,20,33H,3-5,8,10-11,28H2,1-2H3,(H,29,34). The van der Waals surface area contributed by atoms with Crippen molar-refractivity contribution in [1.29, 1.82) is 0 Å². The van der Waals surface area contributed by atoms with E-state index in [4.69, 9.17) is 15.5 Å². The number of aromatic nitrogens is 2. The van der Waals surface area contributed by atoms with Gasteiger partial charge in [0.1, 0.15) is 11.9 Å². The number of hydrogen-bond acceptors (Lipinski definition) is 8. The number of carbonyl (C=O) groups excluding carboxylic acids is 2. The fourth-order valence-electron chi connectivity index (χ4n) is 5.20. The Labute approximate surface area is 216 Å². The average molecular weight is 527 g/mol. The highest BCUT2D eigenvalue weighted by Gasteiger charge is 2.35. The first-order valence-corrected chi connectivity index (χ1v) is 13.0. The number of aliphatic hydroxyl groups excluding tert-OH is 1. The number of ether oxygens (including phenoxy) is 1. The fourth-order valence-corrected chi connectivity index (χ4v) is 6.46. The van der Waals surface area contributed by atoms with E-state index in [2.05, 4.69) is 5.32 Å². The van der Waals surface area contributed by atoms with Crippen molar-refractivity contribution >= 4 is 34.9 Å². The Kier molecular flexibility index (Phi) is 6.88. The molecular formula is C26H27FN4O5S. The number of methoxy groups -OCH3 is 1. The van der Waals surface area contributed by atoms with Crippen LogP contribution in [-0.2, 0) is 27.5 Å². The van der Waals surface area contributed by atoms with Crippen LogP contribution in [0.1, 0.15) is 52.8 Å². The lowest BCUT2D eigenvalue weighted by atomic mass is 9.93. The summed E-state index contributed by atoms with van der Waals surface area (Å²) in [5, 5.41) is 14.2. The Morgan fingerprint density at radius 1 is 1.46 bits per heavy atom. The van der Waals surface area contributed by atoms with E-state index in [-0.39, 0.29) is 48.5 Å². The molecule has 0 bridgehead atoms. The number of carbonyl (C=O) groups is 2. The monoisotopic (exact) mass is 526 g/mol. The number of aliphatic hydroxyl groups is 1. The Hall–Kier alpha value is -3.12. The molecule has 5 rings (SSSR count). The van der Waals surface area contributed by atoms with E-state index in [1.165, 1.54) is 29.5 Å². The van der Waals surface area contributed by atoms with Crippen molar-refractivity contribution in [2.75, 3.05) is 19.4 Å². The number of nitrogens with one attached hydrogen (secondary N) is 1. The van der Waals surface area contributed by atoms with Crippen LogP contribution in [0, 0.1) is 12.7 Å². The highest BCUT2D eigenvalue weighted by molar-refractivity contribution is 7.99. The molecule has 2 unspecified atom stereocenters. The van der Waals surface area contributed by atoms with Crippen molar-refractivity contribution in [2.45, 2.75) is 50.0 Å². The summed E-state index contributed by atoms with van der Waals surface area (Å²) in [6, 6.07) is 2.57. The van der Waals surface area contributed by atoms with Gasteiger partial charge in [0.05, 0.1) is 36.1 Å². The van der Waals surface area contributed by atoms with Crippen LogP contribution >= 0.6 is 11.8 Å². The van der Waals surface area contributed by atoms with Gasteiger partial charge in [-0.2, -0.15) is 0 Å². The van der Waals surface area contributed by atoms with Gasteiger partial charge in [0.2, 0.25) is 5.91 Å². The number of benzene rings is 1. The lowest BCUT2D eigenvalue weighted by Crippen LogP contribution is -2.32. The molecule has 1 amide bonds. The zero-order chi connectivity index (χ0) is 26.4. The molecule has 1 aromatic carbocycles. The van der Waals surface area contributed by atoms with E-state index < -0.39 is 11.7 Å². The number of nitrogens with two attached hydrogens (primary N) is 1. The normalized spacial score (nSPS) is 16.4. The van der Waals surface area contributed by atoms with E-state index in [0.29, 0.717) is 47.5 Å². The molecule has 0 aliphatic carbocycles. The van der Waals surface area contributed by atoms with Gasteiger partial charge in [-0.15, -0.1) is 11.8 Å². The molecule has 0 spiro atoms. The summed E-state index contributed by atoms with van der Waals surface area (Å²) < 4.78 is 21.6. The maximum absolute atomic E-state index is 14.9. The summed E-state index contributed by atoms with van der Waals surface area (Å²) in [5.74, 6) is -0.0304. The molecule has 0 saturated heterocycles. The molecule has 2 aliphatic heterocycles. The molecule has 0 saturated carbocycles. The predicted molar refractivity (Wildman–Crippen MR) is 137 cm³/mol. The van der Waals surface area contributed by atoms with E-state index in [9.17, 15) is 23.9 Å². The van der Waals surface area contributed by atoms with Crippen molar-refractivity contribution in [1.82, 2.24) is 14.9 Å². The van der Waals surface area contributed by atoms with Crippen LogP contribution < -0.4 is 16.6 Å². The molecule has 2 aromatic heterocycles. The number of fused-ring (bicyclic) bond motifs is 4. The maximum atomic E-state index is 14.9. The highest BCUT2D eigenvalue weighted by Crippen LogP contribution is 2.47. The summed E-state index contributed by atoms with van der Waals surface area (Å²) in [6.07, 6.45) is -0.311. The summed E-state index contributed by atoms with van der Waals surface area (Å²) in [5.41, 5.74) is 8.88. The van der Waals surface area contributed by atoms with Gasteiger partial charge in [-0.3, -0.25) is 9.59 Å². The van der Waals surface area contributed by atoms with E-state index in [0.717, 1.165) is 21.4 Å². The third kappa shape index (κ3) is 4.15. The maximum Gasteiger partial charge on any atom is 0.257 e. The molecular weight excluding hydrogens is 499 g/mol. The number of amides is 1. The van der Waals surface area contributed by atoms with Crippen molar-refractivity contribution in [3.8, 4) is 11.4 Å². The lowest BCUT2D eigenvalue weighted by molar-refractivity contribution is -0.121. The highest BCUT2D eigenvalue weighted by atomic mass is 32.2. The molecule has 194 valence electrons. The van der Waals surface area contributed by atoms with Gasteiger partial charge in [-0.25, -0.2) is 9.37 Å². The third-order valence-corrected chi connectivity index (χ3v) is 8.27. The fraction of sp³-hybridized carbons (Fsp3) is 0.385. The summed E-state index contributed by atoms with van der Waals surface area (Å²) in [4.78, 5) is 43.1. The van der Waals surface area contributed by atoms with Crippen LogP contribution in [0.2, 0.25) is 0 Å². The van der Waals surface area contributed by atoms with Crippen LogP contribution in [0.25, 0.3) is 22.3 Å². The average Bonchev–Trinajstić information content (AvgIpc) is 3.26. The minimum Gasteiger partial charge on any atom is -0.381 e. The molecule has 37 heavy (non-hydrogen) atoms. The van der Waals surface area contributed by atoms with Gasteiger partial charge >= 0.3 is 0 Å². The number of halogens is 1. The van der Waals surface area contributed by atoms with Gasteiger partial charge in [0.15, 0.2) is 6.29 Å². The van der Waals surface area contributed by atoms with E-state index >= 15 is 0 Å². The molecule has 4 heterocycles. The molecule has 4 N–H and O–H groups in total. The van der Waals surface area contributed by atoms with Crippen LogP contribution in [0.3, 0.4) is 0 Å². The van der Waals surface area contributed by atoms with Crippen molar-refractivity contribution in [2.24, 2.45) is 5.73 Å². The Balaban J connectivity index is 1.76. The second kappa shape index (κ2) is 9.97. The van der Waals surface area contributed by atoms with Gasteiger partial charge < -0.3 is 30.3 Å². The van der Waals surface area contributed by atoms with Crippen LogP contribution in [0.15, 0.2) is 21.8 Å². The van der Waals surface area contributed by atoms with Gasteiger partial charge in [-0.05, 0) is 37.1 Å². The molecule has 0 fully saturated rings. The zero-order valence-electron chi connectivity index (χ0n) is 20.5. The van der Waals surface area contributed by atoms with Crippen molar-refractivity contribution < 1.29 is 23.8 Å². The summed E-state index contributed by atoms with van der Waals surface area (Å²) >= 11 is 1.47. The summed E-state index contributed by atoms with van der Waals surface area (Å²) in [6.45, 7) is 2.23. The minimum absolute atomic E-state index is 0.0804. The number of hydrogen-bond donors (Lipinski definition) is 3. The van der Waals surface area contributed by atoms with Gasteiger partial charge in [0, 0.05) is 52.3 Å². The van der Waals surface area contributed by atoms with Crippen LogP contribution in [0.4, 0.5) is 4.39 Å². The number of aldehydes is 1. The first-order valence-electron chi connectivity index (χ1n) is 12.0. The molecule has 2 aliphatic rings. The van der Waals surface area contributed by atoms with Gasteiger partial charge in [-0.1, -0.05) is 0 Å². The molecule has 3 aromatic rings. The lowest BCUT2D eigenvalue weighted by Gasteiger charge is -2.29.